The third kappa shape index (κ3) is 4.01. The summed E-state index contributed by atoms with van der Waals surface area (Å²) in [7, 11) is 0. The van der Waals surface area contributed by atoms with Gasteiger partial charge in [0.2, 0.25) is 0 Å². The van der Waals surface area contributed by atoms with Gasteiger partial charge < -0.3 is 9.84 Å². The molecule has 13 heavy (non-hydrogen) atoms. The third-order valence-corrected chi connectivity index (χ3v) is 1.60. The molecule has 1 aromatic carbocycles. The maximum atomic E-state index is 11.8. The van der Waals surface area contributed by atoms with Gasteiger partial charge in [-0.1, -0.05) is 30.3 Å². The predicted octanol–water partition coefficient (Wildman–Crippen LogP) is 1.53. The van der Waals surface area contributed by atoms with Crippen LogP contribution in [0.2, 0.25) is 0 Å². The van der Waals surface area contributed by atoms with Gasteiger partial charge in [-0.05, 0) is 5.56 Å². The van der Waals surface area contributed by atoms with Crippen molar-refractivity contribution in [3.05, 3.63) is 35.9 Å². The minimum atomic E-state index is -0.997. The molecule has 0 fully saturated rings. The van der Waals surface area contributed by atoms with E-state index in [9.17, 15) is 4.39 Å². The zero-order valence-corrected chi connectivity index (χ0v) is 7.32. The van der Waals surface area contributed by atoms with Crippen molar-refractivity contribution in [3.63, 3.8) is 0 Å². The molecule has 0 saturated carbocycles. The van der Waals surface area contributed by atoms with Crippen molar-refractivity contribution in [2.75, 3.05) is 13.3 Å². The summed E-state index contributed by atoms with van der Waals surface area (Å²) >= 11 is 0. The summed E-state index contributed by atoms with van der Waals surface area (Å²) in [5.74, 6) is 0. The number of alkyl halides is 1. The van der Waals surface area contributed by atoms with Crippen molar-refractivity contribution in [1.29, 1.82) is 0 Å². The lowest BCUT2D eigenvalue weighted by molar-refractivity contribution is 0.0168. The first-order chi connectivity index (χ1) is 6.33. The highest BCUT2D eigenvalue weighted by molar-refractivity contribution is 5.13. The Morgan fingerprint density at radius 2 is 2.00 bits per heavy atom. The van der Waals surface area contributed by atoms with Gasteiger partial charge in [-0.25, -0.2) is 4.39 Å². The van der Waals surface area contributed by atoms with Gasteiger partial charge in [-0.15, -0.1) is 0 Å². The minimum Gasteiger partial charge on any atom is -0.388 e. The molecule has 0 spiro atoms. The van der Waals surface area contributed by atoms with E-state index in [-0.39, 0.29) is 6.61 Å². The lowest BCUT2D eigenvalue weighted by Gasteiger charge is -2.06. The van der Waals surface area contributed by atoms with E-state index >= 15 is 0 Å². The monoisotopic (exact) mass is 184 g/mol. The molecule has 0 saturated heterocycles. The Kier molecular flexibility index (Phi) is 4.43. The van der Waals surface area contributed by atoms with Crippen molar-refractivity contribution in [3.8, 4) is 0 Å². The zero-order valence-electron chi connectivity index (χ0n) is 7.32. The highest BCUT2D eigenvalue weighted by atomic mass is 19.1. The number of hydrogen-bond donors (Lipinski definition) is 1. The van der Waals surface area contributed by atoms with E-state index in [1.807, 2.05) is 30.3 Å². The first-order valence-electron chi connectivity index (χ1n) is 4.18. The third-order valence-electron chi connectivity index (χ3n) is 1.60. The normalized spacial score (nSPS) is 12.8. The standard InChI is InChI=1S/C10H13FO2/c11-6-10(12)8-13-7-9-4-2-1-3-5-9/h1-5,10,12H,6-8H2/t10-/m0/s1. The number of aliphatic hydroxyl groups excluding tert-OH is 1. The molecule has 1 atom stereocenters. The summed E-state index contributed by atoms with van der Waals surface area (Å²) in [5, 5.41) is 8.84. The topological polar surface area (TPSA) is 29.5 Å². The molecule has 0 aliphatic heterocycles. The van der Waals surface area contributed by atoms with Gasteiger partial charge in [0.05, 0.1) is 13.2 Å². The largest absolute Gasteiger partial charge is 0.388 e. The molecule has 1 N–H and O–H groups in total. The number of aliphatic hydroxyl groups is 1. The fourth-order valence-electron chi connectivity index (χ4n) is 0.932. The molecule has 1 rings (SSSR count). The Balaban J connectivity index is 2.20. The van der Waals surface area contributed by atoms with Crippen LogP contribution < -0.4 is 0 Å². The van der Waals surface area contributed by atoms with Crippen molar-refractivity contribution in [2.24, 2.45) is 0 Å². The molecule has 0 amide bonds. The summed E-state index contributed by atoms with van der Waals surface area (Å²) in [6.45, 7) is -0.294. The fourth-order valence-corrected chi connectivity index (χ4v) is 0.932. The Morgan fingerprint density at radius 1 is 1.31 bits per heavy atom. The van der Waals surface area contributed by atoms with E-state index in [1.54, 1.807) is 0 Å². The van der Waals surface area contributed by atoms with Crippen LogP contribution in [-0.4, -0.2) is 24.5 Å². The lowest BCUT2D eigenvalue weighted by atomic mass is 10.2. The second-order valence-corrected chi connectivity index (χ2v) is 2.81. The summed E-state index contributed by atoms with van der Waals surface area (Å²) in [5.41, 5.74) is 1.02. The maximum Gasteiger partial charge on any atom is 0.118 e. The Bertz CT molecular complexity index is 226. The van der Waals surface area contributed by atoms with Crippen LogP contribution >= 0.6 is 0 Å². The number of hydrogen-bond acceptors (Lipinski definition) is 2. The molecule has 0 aliphatic rings. The number of halogens is 1. The molecule has 0 bridgehead atoms. The van der Waals surface area contributed by atoms with Crippen molar-refractivity contribution in [2.45, 2.75) is 12.7 Å². The van der Waals surface area contributed by atoms with Crippen LogP contribution in [0.3, 0.4) is 0 Å². The van der Waals surface area contributed by atoms with Crippen LogP contribution in [0.25, 0.3) is 0 Å². The number of rotatable bonds is 5. The van der Waals surface area contributed by atoms with Gasteiger partial charge >= 0.3 is 0 Å². The van der Waals surface area contributed by atoms with E-state index in [1.165, 1.54) is 0 Å². The van der Waals surface area contributed by atoms with Crippen LogP contribution in [0.1, 0.15) is 5.56 Å². The predicted molar refractivity (Wildman–Crippen MR) is 48.1 cm³/mol. The number of benzene rings is 1. The summed E-state index contributed by atoms with van der Waals surface area (Å²) in [6, 6.07) is 9.57. The van der Waals surface area contributed by atoms with E-state index in [0.717, 1.165) is 5.56 Å². The quantitative estimate of drug-likeness (QED) is 0.752. The molecule has 3 heteroatoms. The second kappa shape index (κ2) is 5.67. The Hall–Kier alpha value is -0.930. The van der Waals surface area contributed by atoms with Crippen LogP contribution in [0.5, 0.6) is 0 Å². The van der Waals surface area contributed by atoms with Gasteiger partial charge in [-0.3, -0.25) is 0 Å². The van der Waals surface area contributed by atoms with E-state index < -0.39 is 12.8 Å². The molecule has 0 heterocycles. The molecule has 0 aliphatic carbocycles. The molecular weight excluding hydrogens is 171 g/mol. The average molecular weight is 184 g/mol. The highest BCUT2D eigenvalue weighted by Gasteiger charge is 2.02. The SMILES string of the molecule is O[C@@H](CF)COCc1ccccc1. The molecule has 0 radical (unpaired) electrons. The van der Waals surface area contributed by atoms with Crippen LogP contribution in [0.15, 0.2) is 30.3 Å². The molecular formula is C10H13FO2. The Morgan fingerprint density at radius 3 is 2.62 bits per heavy atom. The van der Waals surface area contributed by atoms with Gasteiger partial charge in [0.25, 0.3) is 0 Å². The van der Waals surface area contributed by atoms with E-state index in [0.29, 0.717) is 6.61 Å². The first kappa shape index (κ1) is 10.2. The molecule has 72 valence electrons. The van der Waals surface area contributed by atoms with Gasteiger partial charge in [0.15, 0.2) is 0 Å². The molecule has 0 unspecified atom stereocenters. The highest BCUT2D eigenvalue weighted by Crippen LogP contribution is 2.00. The van der Waals surface area contributed by atoms with Crippen LogP contribution in [-0.2, 0) is 11.3 Å². The maximum absolute atomic E-state index is 11.8. The first-order valence-corrected chi connectivity index (χ1v) is 4.18. The van der Waals surface area contributed by atoms with Gasteiger partial charge in [-0.2, -0.15) is 0 Å². The van der Waals surface area contributed by atoms with E-state index in [4.69, 9.17) is 9.84 Å². The van der Waals surface area contributed by atoms with Crippen molar-refractivity contribution < 1.29 is 14.2 Å². The lowest BCUT2D eigenvalue weighted by Crippen LogP contribution is -2.16. The van der Waals surface area contributed by atoms with Crippen molar-refractivity contribution >= 4 is 0 Å². The summed E-state index contributed by atoms with van der Waals surface area (Å²) in [6.07, 6.45) is -0.997. The molecule has 1 aromatic rings. The smallest absolute Gasteiger partial charge is 0.118 e. The average Bonchev–Trinajstić information content (AvgIpc) is 2.19. The summed E-state index contributed by atoms with van der Waals surface area (Å²) in [4.78, 5) is 0. The van der Waals surface area contributed by atoms with Crippen LogP contribution in [0.4, 0.5) is 4.39 Å². The van der Waals surface area contributed by atoms with Crippen LogP contribution in [0, 0.1) is 0 Å². The van der Waals surface area contributed by atoms with Gasteiger partial charge in [0, 0.05) is 0 Å². The van der Waals surface area contributed by atoms with Crippen molar-refractivity contribution in [1.82, 2.24) is 0 Å². The molecule has 0 aromatic heterocycles. The zero-order chi connectivity index (χ0) is 9.52. The second-order valence-electron chi connectivity index (χ2n) is 2.81. The minimum absolute atomic E-state index is 0.0470. The van der Waals surface area contributed by atoms with Gasteiger partial charge in [0.1, 0.15) is 12.8 Å². The van der Waals surface area contributed by atoms with E-state index in [2.05, 4.69) is 0 Å². The summed E-state index contributed by atoms with van der Waals surface area (Å²) < 4.78 is 16.9. The molecule has 2 nitrogen and oxygen atoms in total. The fraction of sp³-hybridized carbons (Fsp3) is 0.400. The Labute approximate surface area is 77.0 Å². The number of ether oxygens (including phenoxy) is 1.